The smallest absolute Gasteiger partial charge is 0.166 e. The van der Waals surface area contributed by atoms with Gasteiger partial charge in [-0.1, -0.05) is 6.07 Å². The highest BCUT2D eigenvalue weighted by Gasteiger charge is 2.16. The van der Waals surface area contributed by atoms with Crippen molar-refractivity contribution in [2.75, 3.05) is 13.2 Å². The summed E-state index contributed by atoms with van der Waals surface area (Å²) in [4.78, 5) is 0. The van der Waals surface area contributed by atoms with Crippen molar-refractivity contribution in [3.8, 4) is 0 Å². The summed E-state index contributed by atoms with van der Waals surface area (Å²) in [6.45, 7) is 3.31. The first kappa shape index (κ1) is 15.1. The van der Waals surface area contributed by atoms with Crippen LogP contribution in [-0.2, 0) is 4.74 Å². The van der Waals surface area contributed by atoms with Gasteiger partial charge in [-0.05, 0) is 49.7 Å². The van der Waals surface area contributed by atoms with Crippen molar-refractivity contribution in [1.82, 2.24) is 10.6 Å². The third-order valence-corrected chi connectivity index (χ3v) is 3.57. The van der Waals surface area contributed by atoms with Gasteiger partial charge in [0, 0.05) is 13.2 Å². The molecule has 1 saturated heterocycles. The van der Waals surface area contributed by atoms with Gasteiger partial charge in [-0.3, -0.25) is 0 Å². The number of benzene rings is 1. The molecule has 110 valence electrons. The fraction of sp³-hybridized carbons (Fsp3) is 0.500. The maximum atomic E-state index is 13.2. The first-order valence-corrected chi connectivity index (χ1v) is 7.08. The second-order valence-electron chi connectivity index (χ2n) is 4.88. The molecular formula is C14H18F2N2OS. The normalized spacial score (nSPS) is 19.6. The van der Waals surface area contributed by atoms with E-state index >= 15 is 0 Å². The van der Waals surface area contributed by atoms with E-state index in [0.29, 0.717) is 17.2 Å². The first-order valence-electron chi connectivity index (χ1n) is 6.67. The van der Waals surface area contributed by atoms with E-state index in [2.05, 4.69) is 10.6 Å². The van der Waals surface area contributed by atoms with E-state index in [4.69, 9.17) is 17.0 Å². The molecule has 1 fully saturated rings. The summed E-state index contributed by atoms with van der Waals surface area (Å²) in [6, 6.07) is 3.63. The van der Waals surface area contributed by atoms with Crippen LogP contribution < -0.4 is 10.6 Å². The molecule has 6 heteroatoms. The summed E-state index contributed by atoms with van der Waals surface area (Å²) in [6.07, 6.45) is 2.32. The molecule has 1 aromatic rings. The number of thiocarbonyl (C=S) groups is 1. The maximum Gasteiger partial charge on any atom is 0.166 e. The van der Waals surface area contributed by atoms with E-state index < -0.39 is 11.6 Å². The number of rotatable bonds is 4. The highest BCUT2D eigenvalue weighted by atomic mass is 32.1. The molecule has 0 amide bonds. The van der Waals surface area contributed by atoms with Crippen LogP contribution in [0, 0.1) is 11.6 Å². The fourth-order valence-electron chi connectivity index (χ4n) is 2.12. The zero-order valence-electron chi connectivity index (χ0n) is 11.3. The van der Waals surface area contributed by atoms with Gasteiger partial charge in [0.2, 0.25) is 0 Å². The summed E-state index contributed by atoms with van der Waals surface area (Å²) in [5.74, 6) is -1.70. The Morgan fingerprint density at radius 2 is 2.25 bits per heavy atom. The Hall–Kier alpha value is -1.27. The van der Waals surface area contributed by atoms with Gasteiger partial charge in [-0.2, -0.15) is 0 Å². The topological polar surface area (TPSA) is 33.3 Å². The molecule has 0 saturated carbocycles. The van der Waals surface area contributed by atoms with Crippen LogP contribution in [0.2, 0.25) is 0 Å². The van der Waals surface area contributed by atoms with Crippen LogP contribution in [0.5, 0.6) is 0 Å². The number of ether oxygens (including phenoxy) is 1. The molecule has 0 unspecified atom stereocenters. The Morgan fingerprint density at radius 1 is 1.45 bits per heavy atom. The van der Waals surface area contributed by atoms with E-state index in [9.17, 15) is 8.78 Å². The van der Waals surface area contributed by atoms with Crippen LogP contribution >= 0.6 is 12.2 Å². The molecule has 1 aliphatic heterocycles. The molecule has 3 nitrogen and oxygen atoms in total. The molecule has 1 aromatic carbocycles. The summed E-state index contributed by atoms with van der Waals surface area (Å²) in [7, 11) is 0. The van der Waals surface area contributed by atoms with E-state index in [1.54, 1.807) is 6.07 Å². The zero-order valence-corrected chi connectivity index (χ0v) is 12.1. The molecule has 0 radical (unpaired) electrons. The Morgan fingerprint density at radius 3 is 2.90 bits per heavy atom. The third kappa shape index (κ3) is 4.11. The Labute approximate surface area is 122 Å². The van der Waals surface area contributed by atoms with Crippen molar-refractivity contribution in [3.05, 3.63) is 35.4 Å². The molecular weight excluding hydrogens is 282 g/mol. The average molecular weight is 300 g/mol. The molecule has 0 spiro atoms. The van der Waals surface area contributed by atoms with Gasteiger partial charge in [-0.25, -0.2) is 8.78 Å². The maximum absolute atomic E-state index is 13.2. The predicted molar refractivity (Wildman–Crippen MR) is 77.5 cm³/mol. The zero-order chi connectivity index (χ0) is 14.5. The minimum absolute atomic E-state index is 0.199. The number of halogens is 2. The Bertz CT molecular complexity index is 478. The molecule has 1 heterocycles. The van der Waals surface area contributed by atoms with E-state index in [-0.39, 0.29) is 12.1 Å². The molecule has 2 atom stereocenters. The summed E-state index contributed by atoms with van der Waals surface area (Å²) < 4.78 is 31.5. The minimum atomic E-state index is -0.852. The van der Waals surface area contributed by atoms with Crippen LogP contribution in [-0.4, -0.2) is 24.4 Å². The molecule has 2 N–H and O–H groups in total. The van der Waals surface area contributed by atoms with E-state index in [1.807, 2.05) is 6.92 Å². The number of hydrogen-bond donors (Lipinski definition) is 2. The van der Waals surface area contributed by atoms with Gasteiger partial charge in [0.15, 0.2) is 16.7 Å². The van der Waals surface area contributed by atoms with Crippen LogP contribution in [0.15, 0.2) is 18.2 Å². The van der Waals surface area contributed by atoms with Crippen molar-refractivity contribution in [1.29, 1.82) is 0 Å². The Balaban J connectivity index is 1.81. The monoisotopic (exact) mass is 300 g/mol. The van der Waals surface area contributed by atoms with Crippen molar-refractivity contribution in [2.45, 2.75) is 31.9 Å². The quantitative estimate of drug-likeness (QED) is 0.838. The minimum Gasteiger partial charge on any atom is -0.376 e. The highest BCUT2D eigenvalue weighted by molar-refractivity contribution is 7.80. The second kappa shape index (κ2) is 6.95. The van der Waals surface area contributed by atoms with Crippen molar-refractivity contribution >= 4 is 17.3 Å². The lowest BCUT2D eigenvalue weighted by Crippen LogP contribution is -2.40. The number of hydrogen-bond acceptors (Lipinski definition) is 2. The van der Waals surface area contributed by atoms with Gasteiger partial charge in [0.25, 0.3) is 0 Å². The molecule has 20 heavy (non-hydrogen) atoms. The van der Waals surface area contributed by atoms with Crippen LogP contribution in [0.3, 0.4) is 0 Å². The molecule has 0 aromatic heterocycles. The molecule has 0 aliphatic carbocycles. The molecule has 2 rings (SSSR count). The van der Waals surface area contributed by atoms with E-state index in [1.165, 1.54) is 6.07 Å². The Kier molecular flexibility index (Phi) is 5.25. The average Bonchev–Trinajstić information content (AvgIpc) is 2.92. The van der Waals surface area contributed by atoms with Crippen LogP contribution in [0.25, 0.3) is 0 Å². The lowest BCUT2D eigenvalue weighted by Gasteiger charge is -2.19. The van der Waals surface area contributed by atoms with Crippen LogP contribution in [0.1, 0.15) is 31.4 Å². The van der Waals surface area contributed by atoms with Crippen molar-refractivity contribution in [2.24, 2.45) is 0 Å². The predicted octanol–water partition coefficient (Wildman–Crippen LogP) is 2.67. The molecule has 0 bridgehead atoms. The van der Waals surface area contributed by atoms with Gasteiger partial charge in [0.1, 0.15) is 0 Å². The summed E-state index contributed by atoms with van der Waals surface area (Å²) in [5.41, 5.74) is 0.644. The van der Waals surface area contributed by atoms with Gasteiger partial charge in [0.05, 0.1) is 12.1 Å². The van der Waals surface area contributed by atoms with Crippen molar-refractivity contribution in [3.63, 3.8) is 0 Å². The lowest BCUT2D eigenvalue weighted by molar-refractivity contribution is 0.114. The van der Waals surface area contributed by atoms with Gasteiger partial charge in [-0.15, -0.1) is 0 Å². The molecule has 1 aliphatic rings. The standard InChI is InChI=1S/C14H18F2N2OS/c1-9(10-4-5-12(15)13(16)7-10)18-14(20)17-8-11-3-2-6-19-11/h4-5,7,9,11H,2-3,6,8H2,1H3,(H2,17,18,20)/t9-,11+/m1/s1. The SMILES string of the molecule is C[C@@H](NC(=S)NC[C@@H]1CCCO1)c1ccc(F)c(F)c1. The van der Waals surface area contributed by atoms with Gasteiger partial charge < -0.3 is 15.4 Å². The number of nitrogens with one attached hydrogen (secondary N) is 2. The summed E-state index contributed by atoms with van der Waals surface area (Å²) >= 11 is 5.18. The van der Waals surface area contributed by atoms with Crippen molar-refractivity contribution < 1.29 is 13.5 Å². The highest BCUT2D eigenvalue weighted by Crippen LogP contribution is 2.16. The fourth-order valence-corrected chi connectivity index (χ4v) is 2.38. The van der Waals surface area contributed by atoms with Gasteiger partial charge >= 0.3 is 0 Å². The second-order valence-corrected chi connectivity index (χ2v) is 5.29. The largest absolute Gasteiger partial charge is 0.376 e. The van der Waals surface area contributed by atoms with Crippen LogP contribution in [0.4, 0.5) is 8.78 Å². The van der Waals surface area contributed by atoms with E-state index in [0.717, 1.165) is 25.5 Å². The lowest BCUT2D eigenvalue weighted by atomic mass is 10.1. The first-order chi connectivity index (χ1) is 9.56. The summed E-state index contributed by atoms with van der Waals surface area (Å²) in [5, 5.41) is 6.61. The third-order valence-electron chi connectivity index (χ3n) is 3.31.